The predicted octanol–water partition coefficient (Wildman–Crippen LogP) is 1.42. The van der Waals surface area contributed by atoms with E-state index < -0.39 is 0 Å². The molecule has 0 aromatic rings. The van der Waals surface area contributed by atoms with Gasteiger partial charge in [0.05, 0.1) is 6.61 Å². The van der Waals surface area contributed by atoms with Crippen molar-refractivity contribution in [1.29, 1.82) is 0 Å². The molecule has 0 atom stereocenters. The van der Waals surface area contributed by atoms with Crippen LogP contribution in [0.5, 0.6) is 0 Å². The fourth-order valence-electron chi connectivity index (χ4n) is 0.446. The number of rotatable bonds is 1. The maximum Gasteiger partial charge on any atom is 0.0746 e. The van der Waals surface area contributed by atoms with Gasteiger partial charge in [-0.3, -0.25) is 0 Å². The molecule has 1 aliphatic carbocycles. The fourth-order valence-corrected chi connectivity index (χ4v) is 0.842. The van der Waals surface area contributed by atoms with Crippen LogP contribution >= 0.6 is 15.9 Å². The fraction of sp³-hybridized carbons (Fsp3) is 0.600. The van der Waals surface area contributed by atoms with Crippen LogP contribution in [0.25, 0.3) is 0 Å². The van der Waals surface area contributed by atoms with Gasteiger partial charge in [-0.05, 0) is 12.8 Å². The first-order valence-corrected chi connectivity index (χ1v) is 3.11. The van der Waals surface area contributed by atoms with E-state index in [0.717, 1.165) is 4.48 Å². The maximum atomic E-state index is 8.44. The Morgan fingerprint density at radius 3 is 2.43 bits per heavy atom. The summed E-state index contributed by atoms with van der Waals surface area (Å²) in [4.78, 5) is 0. The molecule has 0 radical (unpaired) electrons. The third-order valence-electron chi connectivity index (χ3n) is 1.02. The molecular weight excluding hydrogens is 156 g/mol. The van der Waals surface area contributed by atoms with Crippen LogP contribution in [0.1, 0.15) is 12.8 Å². The predicted molar refractivity (Wildman–Crippen MR) is 32.3 cm³/mol. The van der Waals surface area contributed by atoms with Crippen LogP contribution < -0.4 is 0 Å². The average Bonchev–Trinajstić information content (AvgIpc) is 2.44. The first kappa shape index (κ1) is 5.32. The van der Waals surface area contributed by atoms with E-state index in [1.165, 1.54) is 18.4 Å². The molecule has 1 nitrogen and oxygen atoms in total. The normalized spacial score (nSPS) is 17.1. The Labute approximate surface area is 51.2 Å². The van der Waals surface area contributed by atoms with Gasteiger partial charge in [-0.15, -0.1) is 0 Å². The van der Waals surface area contributed by atoms with Crippen molar-refractivity contribution in [2.45, 2.75) is 12.8 Å². The number of halogens is 1. The zero-order valence-electron chi connectivity index (χ0n) is 3.95. The van der Waals surface area contributed by atoms with E-state index in [9.17, 15) is 0 Å². The highest BCUT2D eigenvalue weighted by Gasteiger charge is 2.14. The van der Waals surface area contributed by atoms with Gasteiger partial charge in [-0.2, -0.15) is 0 Å². The molecule has 0 saturated heterocycles. The van der Waals surface area contributed by atoms with E-state index in [0.29, 0.717) is 0 Å². The second-order valence-corrected chi connectivity index (χ2v) is 2.62. The topological polar surface area (TPSA) is 20.2 Å². The Hall–Kier alpha value is 0.180. The highest BCUT2D eigenvalue weighted by molar-refractivity contribution is 9.11. The van der Waals surface area contributed by atoms with Crippen LogP contribution in [-0.2, 0) is 0 Å². The van der Waals surface area contributed by atoms with Crippen LogP contribution in [0.4, 0.5) is 0 Å². The van der Waals surface area contributed by atoms with Gasteiger partial charge in [0, 0.05) is 4.48 Å². The monoisotopic (exact) mass is 162 g/mol. The molecule has 1 N–H and O–H groups in total. The zero-order chi connectivity index (χ0) is 5.28. The Bertz CT molecular complexity index is 101. The third kappa shape index (κ3) is 1.28. The summed E-state index contributed by atoms with van der Waals surface area (Å²) in [6, 6.07) is 0. The molecular formula is C5H7BrO. The van der Waals surface area contributed by atoms with Crippen LogP contribution in [0.3, 0.4) is 0 Å². The largest absolute Gasteiger partial charge is 0.391 e. The Balaban J connectivity index is 2.49. The van der Waals surface area contributed by atoms with Crippen LogP contribution in [-0.4, -0.2) is 11.7 Å². The van der Waals surface area contributed by atoms with E-state index in [4.69, 9.17) is 5.11 Å². The Kier molecular flexibility index (Phi) is 1.50. The van der Waals surface area contributed by atoms with Crippen LogP contribution in [0, 0.1) is 0 Å². The molecule has 7 heavy (non-hydrogen) atoms. The average molecular weight is 163 g/mol. The van der Waals surface area contributed by atoms with Crippen molar-refractivity contribution in [2.24, 2.45) is 0 Å². The van der Waals surface area contributed by atoms with Gasteiger partial charge in [0.25, 0.3) is 0 Å². The first-order chi connectivity index (χ1) is 3.34. The summed E-state index contributed by atoms with van der Waals surface area (Å²) >= 11 is 3.23. The highest BCUT2D eigenvalue weighted by atomic mass is 79.9. The van der Waals surface area contributed by atoms with Crippen molar-refractivity contribution in [2.75, 3.05) is 6.61 Å². The molecule has 2 heteroatoms. The van der Waals surface area contributed by atoms with Crippen LogP contribution in [0.2, 0.25) is 0 Å². The minimum absolute atomic E-state index is 0.176. The summed E-state index contributed by atoms with van der Waals surface area (Å²) in [5.74, 6) is 0. The molecule has 0 aromatic carbocycles. The molecule has 0 aromatic heterocycles. The summed E-state index contributed by atoms with van der Waals surface area (Å²) < 4.78 is 0.993. The number of aliphatic hydroxyl groups is 1. The quantitative estimate of drug-likeness (QED) is 0.619. The highest BCUT2D eigenvalue weighted by Crippen LogP contribution is 2.33. The summed E-state index contributed by atoms with van der Waals surface area (Å²) in [7, 11) is 0. The molecule has 1 aliphatic rings. The van der Waals surface area contributed by atoms with E-state index in [1.54, 1.807) is 0 Å². The molecule has 0 unspecified atom stereocenters. The standard InChI is InChI=1S/C5H7BrO/c6-5(3-7)4-1-2-4/h7H,1-3H2. The second-order valence-electron chi connectivity index (χ2n) is 1.67. The van der Waals surface area contributed by atoms with Gasteiger partial charge in [0.1, 0.15) is 0 Å². The van der Waals surface area contributed by atoms with E-state index in [-0.39, 0.29) is 6.61 Å². The second kappa shape index (κ2) is 1.97. The lowest BCUT2D eigenvalue weighted by molar-refractivity contribution is 0.340. The molecule has 40 valence electrons. The zero-order valence-corrected chi connectivity index (χ0v) is 5.53. The number of hydrogen-bond donors (Lipinski definition) is 1. The van der Waals surface area contributed by atoms with Gasteiger partial charge in [0.15, 0.2) is 0 Å². The smallest absolute Gasteiger partial charge is 0.0746 e. The summed E-state index contributed by atoms with van der Waals surface area (Å²) in [6.07, 6.45) is 2.36. The van der Waals surface area contributed by atoms with Crippen LogP contribution in [0.15, 0.2) is 10.1 Å². The molecule has 0 amide bonds. The van der Waals surface area contributed by atoms with Gasteiger partial charge in [-0.1, -0.05) is 21.5 Å². The Morgan fingerprint density at radius 1 is 1.71 bits per heavy atom. The lowest BCUT2D eigenvalue weighted by Gasteiger charge is -1.83. The molecule has 1 saturated carbocycles. The van der Waals surface area contributed by atoms with Crippen molar-refractivity contribution in [3.8, 4) is 0 Å². The summed E-state index contributed by atoms with van der Waals surface area (Å²) in [5, 5.41) is 8.44. The van der Waals surface area contributed by atoms with Gasteiger partial charge < -0.3 is 5.11 Å². The molecule has 1 rings (SSSR count). The van der Waals surface area contributed by atoms with Crippen molar-refractivity contribution >= 4 is 15.9 Å². The molecule has 0 spiro atoms. The number of aliphatic hydroxyl groups excluding tert-OH is 1. The number of hydrogen-bond acceptors (Lipinski definition) is 1. The summed E-state index contributed by atoms with van der Waals surface area (Å²) in [6.45, 7) is 0.176. The molecule has 0 bridgehead atoms. The van der Waals surface area contributed by atoms with Crippen molar-refractivity contribution < 1.29 is 5.11 Å². The molecule has 0 aliphatic heterocycles. The van der Waals surface area contributed by atoms with Gasteiger partial charge in [0.2, 0.25) is 0 Å². The maximum absolute atomic E-state index is 8.44. The molecule has 0 heterocycles. The SMILES string of the molecule is OCC(Br)=C1CC1. The van der Waals surface area contributed by atoms with E-state index in [2.05, 4.69) is 15.9 Å². The minimum atomic E-state index is 0.176. The van der Waals surface area contributed by atoms with Crippen molar-refractivity contribution in [3.05, 3.63) is 10.1 Å². The van der Waals surface area contributed by atoms with E-state index >= 15 is 0 Å². The van der Waals surface area contributed by atoms with Gasteiger partial charge >= 0.3 is 0 Å². The van der Waals surface area contributed by atoms with Crippen molar-refractivity contribution in [3.63, 3.8) is 0 Å². The summed E-state index contributed by atoms with van der Waals surface area (Å²) in [5.41, 5.74) is 1.38. The lowest BCUT2D eigenvalue weighted by atomic mass is 10.5. The van der Waals surface area contributed by atoms with Gasteiger partial charge in [-0.25, -0.2) is 0 Å². The van der Waals surface area contributed by atoms with E-state index in [1.807, 2.05) is 0 Å². The third-order valence-corrected chi connectivity index (χ3v) is 1.83. The first-order valence-electron chi connectivity index (χ1n) is 2.32. The van der Waals surface area contributed by atoms with Crippen molar-refractivity contribution in [1.82, 2.24) is 0 Å². The Morgan fingerprint density at radius 2 is 2.29 bits per heavy atom. The molecule has 1 fully saturated rings. The lowest BCUT2D eigenvalue weighted by Crippen LogP contribution is -1.76. The minimum Gasteiger partial charge on any atom is -0.391 e. The number of allylic oxidation sites excluding steroid dienone is 1.